The molecule has 5 nitrogen and oxygen atoms in total. The average molecular weight is 455 g/mol. The molecule has 0 fully saturated rings. The topological polar surface area (TPSA) is 55.6 Å². The molecule has 0 bridgehead atoms. The van der Waals surface area contributed by atoms with Gasteiger partial charge in [-0.15, -0.1) is 0 Å². The Morgan fingerprint density at radius 2 is 1.81 bits per heavy atom. The molecule has 0 unspecified atom stereocenters. The van der Waals surface area contributed by atoms with E-state index in [1.54, 1.807) is 30.2 Å². The maximum Gasteiger partial charge on any atom is 0.256 e. The molecule has 1 aromatic heterocycles. The van der Waals surface area contributed by atoms with E-state index in [4.69, 9.17) is 32.4 Å². The molecule has 0 aliphatic rings. The van der Waals surface area contributed by atoms with E-state index < -0.39 is 0 Å². The summed E-state index contributed by atoms with van der Waals surface area (Å²) in [5.74, 6) is 0.958. The van der Waals surface area contributed by atoms with Crippen LogP contribution in [0, 0.1) is 6.92 Å². The second-order valence-corrected chi connectivity index (χ2v) is 8.06. The Balaban J connectivity index is 1.66. The van der Waals surface area contributed by atoms with Crippen molar-refractivity contribution in [1.29, 1.82) is 0 Å². The van der Waals surface area contributed by atoms with Gasteiger partial charge in [-0.1, -0.05) is 41.4 Å². The smallest absolute Gasteiger partial charge is 0.256 e. The number of aromatic nitrogens is 1. The zero-order chi connectivity index (χ0) is 22.0. The number of halogens is 2. The van der Waals surface area contributed by atoms with Gasteiger partial charge in [-0.3, -0.25) is 4.79 Å². The van der Waals surface area contributed by atoms with Gasteiger partial charge < -0.3 is 14.1 Å². The molecule has 31 heavy (non-hydrogen) atoms. The fraction of sp³-hybridized carbons (Fsp3) is 0.167. The fourth-order valence-electron chi connectivity index (χ4n) is 3.30. The van der Waals surface area contributed by atoms with Crippen LogP contribution in [-0.4, -0.2) is 22.9 Å². The molecule has 0 N–H and O–H groups in total. The van der Waals surface area contributed by atoms with E-state index in [0.717, 1.165) is 22.4 Å². The second-order valence-electron chi connectivity index (χ2n) is 7.21. The summed E-state index contributed by atoms with van der Waals surface area (Å²) in [6.07, 6.45) is 0. The van der Waals surface area contributed by atoms with Crippen LogP contribution >= 0.6 is 23.2 Å². The third-order valence-electron chi connectivity index (χ3n) is 4.89. The molecule has 4 aromatic rings. The first-order chi connectivity index (χ1) is 14.9. The highest BCUT2D eigenvalue weighted by molar-refractivity contribution is 6.36. The van der Waals surface area contributed by atoms with Crippen LogP contribution in [-0.2, 0) is 13.1 Å². The molecule has 4 rings (SSSR count). The van der Waals surface area contributed by atoms with Gasteiger partial charge in [-0.05, 0) is 60.5 Å². The van der Waals surface area contributed by atoms with Gasteiger partial charge in [0.05, 0.1) is 24.2 Å². The molecule has 1 heterocycles. The number of carbonyl (C=O) groups excluding carboxylic acids is 1. The van der Waals surface area contributed by atoms with Crippen molar-refractivity contribution in [2.45, 2.75) is 20.0 Å². The lowest BCUT2D eigenvalue weighted by Crippen LogP contribution is -2.30. The van der Waals surface area contributed by atoms with Crippen LogP contribution < -0.4 is 4.74 Å². The van der Waals surface area contributed by atoms with Gasteiger partial charge in [0.15, 0.2) is 5.58 Å². The number of carbonyl (C=O) groups is 1. The van der Waals surface area contributed by atoms with Crippen LogP contribution in [0.3, 0.4) is 0 Å². The molecule has 0 aliphatic heterocycles. The predicted molar refractivity (Wildman–Crippen MR) is 122 cm³/mol. The highest BCUT2D eigenvalue weighted by Crippen LogP contribution is 2.25. The number of benzene rings is 3. The van der Waals surface area contributed by atoms with Gasteiger partial charge in [-0.25, -0.2) is 4.98 Å². The molecule has 0 radical (unpaired) electrons. The minimum Gasteiger partial charge on any atom is -0.497 e. The number of methoxy groups -OCH3 is 1. The van der Waals surface area contributed by atoms with Crippen molar-refractivity contribution >= 4 is 40.2 Å². The first kappa shape index (κ1) is 21.2. The monoisotopic (exact) mass is 454 g/mol. The zero-order valence-electron chi connectivity index (χ0n) is 17.1. The van der Waals surface area contributed by atoms with Crippen LogP contribution in [0.25, 0.3) is 11.1 Å². The molecular formula is C24H20Cl2N2O3. The van der Waals surface area contributed by atoms with Crippen LogP contribution in [0.5, 0.6) is 5.75 Å². The lowest BCUT2D eigenvalue weighted by molar-refractivity contribution is 0.0715. The molecule has 1 amide bonds. The highest BCUT2D eigenvalue weighted by Gasteiger charge is 2.22. The predicted octanol–water partition coefficient (Wildman–Crippen LogP) is 6.29. The Bertz CT molecular complexity index is 1240. The van der Waals surface area contributed by atoms with E-state index in [1.807, 2.05) is 49.4 Å². The third-order valence-corrected chi connectivity index (χ3v) is 5.44. The van der Waals surface area contributed by atoms with E-state index in [-0.39, 0.29) is 12.5 Å². The molecule has 0 spiro atoms. The number of hydrogen-bond donors (Lipinski definition) is 0. The Morgan fingerprint density at radius 3 is 2.52 bits per heavy atom. The van der Waals surface area contributed by atoms with Crippen molar-refractivity contribution in [1.82, 2.24) is 9.88 Å². The van der Waals surface area contributed by atoms with E-state index in [2.05, 4.69) is 4.98 Å². The summed E-state index contributed by atoms with van der Waals surface area (Å²) in [5.41, 5.74) is 3.84. The average Bonchev–Trinajstić information content (AvgIpc) is 3.15. The van der Waals surface area contributed by atoms with Crippen LogP contribution in [0.4, 0.5) is 0 Å². The number of rotatable bonds is 6. The molecular weight excluding hydrogens is 435 g/mol. The van der Waals surface area contributed by atoms with E-state index in [1.165, 1.54) is 0 Å². The number of aryl methyl sites for hydroxylation is 1. The van der Waals surface area contributed by atoms with Gasteiger partial charge in [0.25, 0.3) is 5.91 Å². The number of amides is 1. The summed E-state index contributed by atoms with van der Waals surface area (Å²) in [4.78, 5) is 19.6. The van der Waals surface area contributed by atoms with Crippen LogP contribution in [0.2, 0.25) is 10.0 Å². The van der Waals surface area contributed by atoms with Crippen molar-refractivity contribution in [2.24, 2.45) is 0 Å². The van der Waals surface area contributed by atoms with Crippen LogP contribution in [0.15, 0.2) is 65.1 Å². The Morgan fingerprint density at radius 1 is 1.03 bits per heavy atom. The largest absolute Gasteiger partial charge is 0.497 e. The summed E-state index contributed by atoms with van der Waals surface area (Å²) < 4.78 is 11.1. The van der Waals surface area contributed by atoms with E-state index in [0.29, 0.717) is 33.6 Å². The number of nitrogens with zero attached hydrogens (tertiary/aromatic N) is 2. The SMILES string of the molecule is COc1ccc(CN(Cc2nc3cc(C)ccc3o2)C(=O)c2ccc(Cl)cc2Cl)cc1. The quantitative estimate of drug-likeness (QED) is 0.343. The van der Waals surface area contributed by atoms with Crippen molar-refractivity contribution in [2.75, 3.05) is 7.11 Å². The van der Waals surface area contributed by atoms with Crippen LogP contribution in [0.1, 0.15) is 27.4 Å². The zero-order valence-corrected chi connectivity index (χ0v) is 18.6. The fourth-order valence-corrected chi connectivity index (χ4v) is 3.79. The molecule has 0 atom stereocenters. The molecule has 158 valence electrons. The number of hydrogen-bond acceptors (Lipinski definition) is 4. The Labute approximate surface area is 190 Å². The minimum atomic E-state index is -0.240. The number of ether oxygens (including phenoxy) is 1. The number of fused-ring (bicyclic) bond motifs is 1. The summed E-state index contributed by atoms with van der Waals surface area (Å²) in [6.45, 7) is 2.53. The highest BCUT2D eigenvalue weighted by atomic mass is 35.5. The molecule has 0 saturated heterocycles. The van der Waals surface area contributed by atoms with E-state index in [9.17, 15) is 4.79 Å². The first-order valence-corrected chi connectivity index (χ1v) is 10.4. The van der Waals surface area contributed by atoms with Gasteiger partial charge in [0, 0.05) is 11.6 Å². The normalized spacial score (nSPS) is 11.0. The van der Waals surface area contributed by atoms with Gasteiger partial charge in [0.2, 0.25) is 5.89 Å². The summed E-state index contributed by atoms with van der Waals surface area (Å²) in [7, 11) is 1.61. The van der Waals surface area contributed by atoms with Gasteiger partial charge in [0.1, 0.15) is 11.3 Å². The Kier molecular flexibility index (Phi) is 6.16. The van der Waals surface area contributed by atoms with Crippen molar-refractivity contribution in [3.05, 3.63) is 93.3 Å². The summed E-state index contributed by atoms with van der Waals surface area (Å²) >= 11 is 12.3. The molecule has 3 aromatic carbocycles. The lowest BCUT2D eigenvalue weighted by Gasteiger charge is -2.22. The maximum absolute atomic E-state index is 13.4. The lowest BCUT2D eigenvalue weighted by atomic mass is 10.1. The van der Waals surface area contributed by atoms with Gasteiger partial charge in [-0.2, -0.15) is 0 Å². The summed E-state index contributed by atoms with van der Waals surface area (Å²) in [6, 6.07) is 18.2. The standard InChI is InChI=1S/C24H20Cl2N2O3/c1-15-3-10-22-21(11-15)27-23(31-22)14-28(13-16-4-7-18(30-2)8-5-16)24(29)19-9-6-17(25)12-20(19)26/h3-12H,13-14H2,1-2H3. The first-order valence-electron chi connectivity index (χ1n) is 9.66. The third kappa shape index (κ3) is 4.84. The van der Waals surface area contributed by atoms with E-state index >= 15 is 0 Å². The second kappa shape index (κ2) is 9.00. The van der Waals surface area contributed by atoms with Crippen molar-refractivity contribution in [3.8, 4) is 5.75 Å². The maximum atomic E-state index is 13.4. The minimum absolute atomic E-state index is 0.192. The summed E-state index contributed by atoms with van der Waals surface area (Å²) in [5, 5.41) is 0.767. The van der Waals surface area contributed by atoms with Gasteiger partial charge >= 0.3 is 0 Å². The van der Waals surface area contributed by atoms with Crippen molar-refractivity contribution < 1.29 is 13.9 Å². The number of oxazole rings is 1. The Hall–Kier alpha value is -3.02. The molecule has 0 aliphatic carbocycles. The van der Waals surface area contributed by atoms with Crippen molar-refractivity contribution in [3.63, 3.8) is 0 Å². The molecule has 0 saturated carbocycles. The molecule has 7 heteroatoms.